The summed E-state index contributed by atoms with van der Waals surface area (Å²) < 4.78 is 7.25. The van der Waals surface area contributed by atoms with Crippen LogP contribution in [0.1, 0.15) is 52.1 Å². The number of cyclic esters (lactones) is 1. The van der Waals surface area contributed by atoms with Gasteiger partial charge < -0.3 is 19.3 Å². The third kappa shape index (κ3) is 4.88. The number of hydrogen-bond donors (Lipinski definition) is 1. The van der Waals surface area contributed by atoms with E-state index in [9.17, 15) is 14.7 Å². The van der Waals surface area contributed by atoms with Crippen LogP contribution in [0.15, 0.2) is 47.4 Å². The Balaban J connectivity index is 1.72. The summed E-state index contributed by atoms with van der Waals surface area (Å²) >= 11 is 0. The van der Waals surface area contributed by atoms with Gasteiger partial charge in [0, 0.05) is 38.7 Å². The molecule has 1 aromatic heterocycles. The number of ether oxygens (including phenoxy) is 1. The fourth-order valence-electron chi connectivity index (χ4n) is 4.02. The molecule has 2 aromatic rings. The molecule has 0 aliphatic carbocycles. The lowest BCUT2D eigenvalue weighted by Crippen LogP contribution is -2.51. The third-order valence-electron chi connectivity index (χ3n) is 5.55. The highest BCUT2D eigenvalue weighted by molar-refractivity contribution is 5.70. The molecule has 156 valence electrons. The van der Waals surface area contributed by atoms with Crippen LogP contribution in [0.4, 0.5) is 4.79 Å². The average Bonchev–Trinajstić information content (AvgIpc) is 2.62. The van der Waals surface area contributed by atoms with E-state index in [0.717, 1.165) is 16.7 Å². The Morgan fingerprint density at radius 3 is 2.38 bits per heavy atom. The van der Waals surface area contributed by atoms with Crippen molar-refractivity contribution in [1.82, 2.24) is 9.47 Å². The Kier molecular flexibility index (Phi) is 5.59. The minimum absolute atomic E-state index is 0.0508. The Hall–Kier alpha value is -2.60. The minimum Gasteiger partial charge on any atom is -0.443 e. The second-order valence-electron chi connectivity index (χ2n) is 8.91. The van der Waals surface area contributed by atoms with Crippen molar-refractivity contribution in [1.29, 1.82) is 0 Å². The molecule has 1 saturated heterocycles. The third-order valence-corrected chi connectivity index (χ3v) is 5.55. The lowest BCUT2D eigenvalue weighted by atomic mass is 9.87. The van der Waals surface area contributed by atoms with Crippen LogP contribution in [-0.4, -0.2) is 38.4 Å². The van der Waals surface area contributed by atoms with E-state index >= 15 is 0 Å². The van der Waals surface area contributed by atoms with Crippen molar-refractivity contribution in [3.05, 3.63) is 58.5 Å². The highest BCUT2D eigenvalue weighted by atomic mass is 16.6. The molecule has 1 fully saturated rings. The Labute approximate surface area is 171 Å². The molecule has 2 atom stereocenters. The average molecular weight is 399 g/mol. The molecule has 2 heterocycles. The molecule has 0 unspecified atom stereocenters. The van der Waals surface area contributed by atoms with Crippen LogP contribution in [0.2, 0.25) is 0 Å². The summed E-state index contributed by atoms with van der Waals surface area (Å²) in [6.45, 7) is 7.89. The molecule has 6 nitrogen and oxygen atoms in total. The molecular weight excluding hydrogens is 368 g/mol. The van der Waals surface area contributed by atoms with Crippen molar-refractivity contribution in [2.75, 3.05) is 6.54 Å². The number of aliphatic hydroxyl groups is 1. The molecule has 1 amide bonds. The summed E-state index contributed by atoms with van der Waals surface area (Å²) in [7, 11) is 1.72. The van der Waals surface area contributed by atoms with Gasteiger partial charge in [-0.15, -0.1) is 0 Å². The second kappa shape index (κ2) is 7.67. The summed E-state index contributed by atoms with van der Waals surface area (Å²) in [5, 5.41) is 10.1. The first-order chi connectivity index (χ1) is 13.5. The quantitative estimate of drug-likeness (QED) is 0.830. The van der Waals surface area contributed by atoms with Crippen molar-refractivity contribution in [2.45, 2.75) is 57.8 Å². The van der Waals surface area contributed by atoms with Gasteiger partial charge in [-0.1, -0.05) is 24.3 Å². The number of nitrogens with zero attached hydrogens (tertiary/aromatic N) is 2. The summed E-state index contributed by atoms with van der Waals surface area (Å²) in [5.41, 5.74) is 1.22. The predicted molar refractivity (Wildman–Crippen MR) is 113 cm³/mol. The number of carbonyl (C=O) groups excluding carboxylic acids is 1. The summed E-state index contributed by atoms with van der Waals surface area (Å²) in [4.78, 5) is 26.2. The highest BCUT2D eigenvalue weighted by Gasteiger charge is 2.41. The zero-order valence-electron chi connectivity index (χ0n) is 17.8. The van der Waals surface area contributed by atoms with Crippen LogP contribution >= 0.6 is 0 Å². The predicted octanol–water partition coefficient (Wildman–Crippen LogP) is 3.88. The lowest BCUT2D eigenvalue weighted by Gasteiger charge is -2.43. The number of aromatic nitrogens is 1. The van der Waals surface area contributed by atoms with E-state index in [2.05, 4.69) is 0 Å². The number of amides is 1. The smallest absolute Gasteiger partial charge is 0.410 e. The molecule has 1 N–H and O–H groups in total. The van der Waals surface area contributed by atoms with E-state index in [1.54, 1.807) is 38.1 Å². The van der Waals surface area contributed by atoms with Crippen LogP contribution in [0.25, 0.3) is 11.1 Å². The molecular formula is C23H30N2O4. The van der Waals surface area contributed by atoms with Crippen LogP contribution < -0.4 is 5.56 Å². The monoisotopic (exact) mass is 398 g/mol. The number of aryl methyl sites for hydroxylation is 1. The second-order valence-corrected chi connectivity index (χ2v) is 8.91. The van der Waals surface area contributed by atoms with Gasteiger partial charge >= 0.3 is 6.09 Å². The molecule has 1 aromatic carbocycles. The van der Waals surface area contributed by atoms with Crippen molar-refractivity contribution in [2.24, 2.45) is 7.05 Å². The zero-order chi connectivity index (χ0) is 21.4. The molecule has 1 aliphatic heterocycles. The largest absolute Gasteiger partial charge is 0.443 e. The lowest BCUT2D eigenvalue weighted by molar-refractivity contribution is -0.0859. The van der Waals surface area contributed by atoms with Gasteiger partial charge in [0.25, 0.3) is 5.56 Å². The zero-order valence-corrected chi connectivity index (χ0v) is 17.8. The number of carbonyl (C=O) groups is 1. The molecule has 3 rings (SSSR count). The summed E-state index contributed by atoms with van der Waals surface area (Å²) in [6.07, 6.45) is 2.46. The highest BCUT2D eigenvalue weighted by Crippen LogP contribution is 2.35. The van der Waals surface area contributed by atoms with Crippen molar-refractivity contribution >= 4 is 6.09 Å². The van der Waals surface area contributed by atoms with Crippen LogP contribution in [0.5, 0.6) is 0 Å². The molecule has 0 saturated carbocycles. The van der Waals surface area contributed by atoms with Crippen LogP contribution in [0.3, 0.4) is 0 Å². The molecule has 6 heteroatoms. The topological polar surface area (TPSA) is 71.8 Å². The standard InChI is InChI=1S/C23H30N2O4/c1-16(25-13-11-23(4,29-21(25)27)15-22(2,3)28)17-6-8-18(9-7-17)19-10-12-24(5)20(26)14-19/h6-10,12,14,16,28H,11,13,15H2,1-5H3/t16-,23-/m0/s1. The first-order valence-corrected chi connectivity index (χ1v) is 9.96. The number of pyridine rings is 1. The number of rotatable bonds is 5. The van der Waals surface area contributed by atoms with E-state index in [0.29, 0.717) is 19.4 Å². The number of hydrogen-bond acceptors (Lipinski definition) is 4. The van der Waals surface area contributed by atoms with Crippen LogP contribution in [-0.2, 0) is 11.8 Å². The normalized spacial score (nSPS) is 21.0. The van der Waals surface area contributed by atoms with Gasteiger partial charge in [0.05, 0.1) is 11.6 Å². The maximum Gasteiger partial charge on any atom is 0.410 e. The van der Waals surface area contributed by atoms with Crippen molar-refractivity contribution in [3.8, 4) is 11.1 Å². The first kappa shape index (κ1) is 21.1. The van der Waals surface area contributed by atoms with E-state index in [1.165, 1.54) is 4.57 Å². The number of benzene rings is 1. The van der Waals surface area contributed by atoms with Crippen molar-refractivity contribution in [3.63, 3.8) is 0 Å². The van der Waals surface area contributed by atoms with Gasteiger partial charge in [-0.05, 0) is 50.5 Å². The maximum absolute atomic E-state index is 12.7. The molecule has 1 aliphatic rings. The van der Waals surface area contributed by atoms with Gasteiger partial charge in [-0.2, -0.15) is 0 Å². The summed E-state index contributed by atoms with van der Waals surface area (Å²) in [6, 6.07) is 11.3. The maximum atomic E-state index is 12.7. The van der Waals surface area contributed by atoms with E-state index in [-0.39, 0.29) is 17.7 Å². The van der Waals surface area contributed by atoms with E-state index < -0.39 is 11.2 Å². The minimum atomic E-state index is -0.892. The van der Waals surface area contributed by atoms with Gasteiger partial charge in [-0.3, -0.25) is 4.79 Å². The molecule has 0 spiro atoms. The van der Waals surface area contributed by atoms with Gasteiger partial charge in [0.2, 0.25) is 0 Å². The Bertz CT molecular complexity index is 943. The Morgan fingerprint density at radius 2 is 1.83 bits per heavy atom. The first-order valence-electron chi connectivity index (χ1n) is 9.96. The molecule has 29 heavy (non-hydrogen) atoms. The van der Waals surface area contributed by atoms with Gasteiger partial charge in [-0.25, -0.2) is 4.79 Å². The fourth-order valence-corrected chi connectivity index (χ4v) is 4.02. The van der Waals surface area contributed by atoms with Gasteiger partial charge in [0.1, 0.15) is 5.60 Å². The van der Waals surface area contributed by atoms with E-state index in [1.807, 2.05) is 44.2 Å². The molecule has 0 radical (unpaired) electrons. The molecule has 0 bridgehead atoms. The van der Waals surface area contributed by atoms with Crippen molar-refractivity contribution < 1.29 is 14.6 Å². The van der Waals surface area contributed by atoms with Crippen LogP contribution in [0, 0.1) is 0 Å². The fraction of sp³-hybridized carbons (Fsp3) is 0.478. The SMILES string of the molecule is C[C@@H](c1ccc(-c2ccn(C)c(=O)c2)cc1)N1CC[C@@](C)(CC(C)(C)O)OC1=O. The van der Waals surface area contributed by atoms with E-state index in [4.69, 9.17) is 4.74 Å². The summed E-state index contributed by atoms with van der Waals surface area (Å²) in [5.74, 6) is 0. The Morgan fingerprint density at radius 1 is 1.17 bits per heavy atom. The van der Waals surface area contributed by atoms with Gasteiger partial charge in [0.15, 0.2) is 0 Å².